The van der Waals surface area contributed by atoms with Gasteiger partial charge in [-0.15, -0.1) is 0 Å². The molecule has 0 saturated heterocycles. The lowest BCUT2D eigenvalue weighted by Crippen LogP contribution is -2.29. The van der Waals surface area contributed by atoms with Gasteiger partial charge in [0.05, 0.1) is 13.2 Å². The molecule has 0 aromatic heterocycles. The number of ether oxygens (including phenoxy) is 2. The molecule has 2 unspecified atom stereocenters. The van der Waals surface area contributed by atoms with Gasteiger partial charge in [-0.1, -0.05) is 386 Å². The highest BCUT2D eigenvalue weighted by atomic mass is 31.2. The molecule has 9 nitrogen and oxygen atoms in total. The summed E-state index contributed by atoms with van der Waals surface area (Å²) in [5.74, 6) is -0.818. The van der Waals surface area contributed by atoms with Crippen molar-refractivity contribution in [2.24, 2.45) is 5.73 Å². The third-order valence-corrected chi connectivity index (χ3v) is 18.8. The van der Waals surface area contributed by atoms with Gasteiger partial charge in [-0.25, -0.2) is 4.57 Å². The SMILES string of the molecule is CC/C=C\C/C=C\C/C=C\C/C=C\C/C=C\C/C=C\C/C=C\C/C=C\CCCCCCCCCCCCCCC(=O)OC(COC(=O)CCCCCCCCCCCCCCCCCCCCCCCCCCCCC/C=C\C/C=C\CCCCCCC)COP(=O)(O)OCCN. The molecule has 0 rings (SSSR count). The van der Waals surface area contributed by atoms with Gasteiger partial charge in [-0.3, -0.25) is 18.6 Å². The lowest BCUT2D eigenvalue weighted by molar-refractivity contribution is -0.161. The molecule has 0 aliphatic rings. The van der Waals surface area contributed by atoms with Crippen molar-refractivity contribution in [1.82, 2.24) is 0 Å². The van der Waals surface area contributed by atoms with E-state index in [-0.39, 0.29) is 38.6 Å². The lowest BCUT2D eigenvalue weighted by Gasteiger charge is -2.19. The summed E-state index contributed by atoms with van der Waals surface area (Å²) in [6, 6.07) is 0. The Balaban J connectivity index is 3.81. The molecule has 97 heavy (non-hydrogen) atoms. The van der Waals surface area contributed by atoms with Gasteiger partial charge in [0, 0.05) is 19.4 Å². The molecule has 0 heterocycles. The van der Waals surface area contributed by atoms with Gasteiger partial charge in [0.25, 0.3) is 0 Å². The number of carbonyl (C=O) groups excluding carboxylic acids is 2. The standard InChI is InChI=1S/C87H154NO8P/c1-3-5-7-9-11-13-15-17-19-21-23-25-27-29-31-33-35-37-39-41-42-44-45-47-49-51-53-55-57-59-61-63-65-67-69-71-73-75-77-79-86(89)93-83-85(84-95-97(91,92)94-82-81-88)96-87(90)80-78-76-74-72-70-68-66-64-62-60-58-56-54-52-50-48-46-43-40-38-36-34-32-30-28-26-24-22-20-18-16-14-12-10-8-6-4-2/h6,8,12,14-15,17-18,20-21,23-24,26,30,32,36,38,43,46,50,52,85H,3-5,7,9-11,13,16,19,22,25,27-29,31,33-35,37,39-42,44-45,47-49,51,53-84,88H2,1-2H3,(H,91,92)/b8-6-,14-12-,17-15-,20-18-,23-21-,26-24-,32-30-,38-36-,46-43-,52-50-. The summed E-state index contributed by atoms with van der Waals surface area (Å²) in [6.07, 6.45) is 115. The molecule has 0 radical (unpaired) electrons. The van der Waals surface area contributed by atoms with Crippen molar-refractivity contribution in [3.63, 3.8) is 0 Å². The monoisotopic (exact) mass is 1370 g/mol. The maximum Gasteiger partial charge on any atom is 0.472 e. The zero-order chi connectivity index (χ0) is 70.0. The number of phosphoric ester groups is 1. The fraction of sp³-hybridized carbons (Fsp3) is 0.747. The predicted molar refractivity (Wildman–Crippen MR) is 422 cm³/mol. The molecular formula is C87H154NO8P. The van der Waals surface area contributed by atoms with Gasteiger partial charge >= 0.3 is 19.8 Å². The Hall–Kier alpha value is -3.59. The van der Waals surface area contributed by atoms with Gasteiger partial charge in [-0.05, 0) is 109 Å². The lowest BCUT2D eigenvalue weighted by atomic mass is 10.0. The van der Waals surface area contributed by atoms with Gasteiger partial charge in [0.1, 0.15) is 6.61 Å². The van der Waals surface area contributed by atoms with Crippen LogP contribution in [0, 0.1) is 0 Å². The minimum Gasteiger partial charge on any atom is -0.462 e. The summed E-state index contributed by atoms with van der Waals surface area (Å²) in [6.45, 7) is 3.66. The van der Waals surface area contributed by atoms with Crippen molar-refractivity contribution in [3.05, 3.63) is 122 Å². The molecular weight excluding hydrogens is 1220 g/mol. The number of allylic oxidation sites excluding steroid dienone is 20. The molecule has 0 aromatic carbocycles. The number of rotatable bonds is 77. The van der Waals surface area contributed by atoms with Gasteiger partial charge in [-0.2, -0.15) is 0 Å². The molecule has 3 N–H and O–H groups in total. The summed E-state index contributed by atoms with van der Waals surface area (Å²) >= 11 is 0. The quantitative estimate of drug-likeness (QED) is 0.0264. The van der Waals surface area contributed by atoms with Crippen molar-refractivity contribution < 1.29 is 37.6 Å². The zero-order valence-corrected chi connectivity index (χ0v) is 64.2. The third kappa shape index (κ3) is 81.3. The second kappa shape index (κ2) is 81.4. The predicted octanol–water partition coefficient (Wildman–Crippen LogP) is 27.8. The van der Waals surface area contributed by atoms with Crippen LogP contribution in [0.15, 0.2) is 122 Å². The molecule has 0 amide bonds. The Labute approximate surface area is 600 Å². The first-order chi connectivity index (χ1) is 47.8. The van der Waals surface area contributed by atoms with Crippen LogP contribution in [0.1, 0.15) is 386 Å². The van der Waals surface area contributed by atoms with E-state index in [1.807, 2.05) is 0 Å². The first-order valence-corrected chi connectivity index (χ1v) is 42.5. The maximum absolute atomic E-state index is 12.8. The molecule has 10 heteroatoms. The smallest absolute Gasteiger partial charge is 0.462 e. The minimum absolute atomic E-state index is 0.0505. The molecule has 0 fully saturated rings. The van der Waals surface area contributed by atoms with Crippen LogP contribution in [-0.2, 0) is 32.7 Å². The van der Waals surface area contributed by atoms with Crippen LogP contribution in [0.3, 0.4) is 0 Å². The van der Waals surface area contributed by atoms with Crippen LogP contribution in [0.5, 0.6) is 0 Å². The molecule has 0 saturated carbocycles. The van der Waals surface area contributed by atoms with Gasteiger partial charge < -0.3 is 20.1 Å². The highest BCUT2D eigenvalue weighted by molar-refractivity contribution is 7.47. The molecule has 0 aromatic rings. The summed E-state index contributed by atoms with van der Waals surface area (Å²) in [7, 11) is -4.40. The van der Waals surface area contributed by atoms with Crippen LogP contribution in [-0.4, -0.2) is 49.3 Å². The Morgan fingerprint density at radius 1 is 0.320 bits per heavy atom. The molecule has 0 spiro atoms. The Morgan fingerprint density at radius 3 is 0.845 bits per heavy atom. The number of carbonyl (C=O) groups is 2. The van der Waals surface area contributed by atoms with Crippen molar-refractivity contribution in [3.8, 4) is 0 Å². The van der Waals surface area contributed by atoms with E-state index >= 15 is 0 Å². The second-order valence-corrected chi connectivity index (χ2v) is 28.7. The minimum atomic E-state index is -4.40. The van der Waals surface area contributed by atoms with Gasteiger partial charge in [0.2, 0.25) is 0 Å². The first kappa shape index (κ1) is 93.4. The highest BCUT2D eigenvalue weighted by Gasteiger charge is 2.26. The van der Waals surface area contributed by atoms with E-state index < -0.39 is 26.5 Å². The number of hydrogen-bond donors (Lipinski definition) is 2. The van der Waals surface area contributed by atoms with E-state index in [1.165, 1.54) is 257 Å². The van der Waals surface area contributed by atoms with E-state index in [1.54, 1.807) is 0 Å². The highest BCUT2D eigenvalue weighted by Crippen LogP contribution is 2.43. The molecule has 0 aliphatic carbocycles. The summed E-state index contributed by atoms with van der Waals surface area (Å²) in [4.78, 5) is 35.5. The van der Waals surface area contributed by atoms with Crippen LogP contribution >= 0.6 is 7.82 Å². The average molecular weight is 1370 g/mol. The number of esters is 2. The van der Waals surface area contributed by atoms with E-state index in [0.717, 1.165) is 96.3 Å². The summed E-state index contributed by atoms with van der Waals surface area (Å²) < 4.78 is 33.3. The third-order valence-electron chi connectivity index (χ3n) is 17.8. The van der Waals surface area contributed by atoms with E-state index in [4.69, 9.17) is 24.3 Å². The van der Waals surface area contributed by atoms with Crippen LogP contribution < -0.4 is 5.73 Å². The largest absolute Gasteiger partial charge is 0.472 e. The molecule has 2 atom stereocenters. The number of unbranched alkanes of at least 4 members (excludes halogenated alkanes) is 44. The van der Waals surface area contributed by atoms with Gasteiger partial charge in [0.15, 0.2) is 6.10 Å². The van der Waals surface area contributed by atoms with Crippen molar-refractivity contribution in [2.75, 3.05) is 26.4 Å². The van der Waals surface area contributed by atoms with Crippen molar-refractivity contribution in [1.29, 1.82) is 0 Å². The van der Waals surface area contributed by atoms with Crippen LogP contribution in [0.4, 0.5) is 0 Å². The van der Waals surface area contributed by atoms with Crippen molar-refractivity contribution >= 4 is 19.8 Å². The van der Waals surface area contributed by atoms with Crippen LogP contribution in [0.2, 0.25) is 0 Å². The Bertz CT molecular complexity index is 2020. The fourth-order valence-corrected chi connectivity index (χ4v) is 12.6. The number of phosphoric acid groups is 1. The summed E-state index contributed by atoms with van der Waals surface area (Å²) in [5.41, 5.74) is 5.42. The van der Waals surface area contributed by atoms with Crippen LogP contribution in [0.25, 0.3) is 0 Å². The zero-order valence-electron chi connectivity index (χ0n) is 63.3. The fourth-order valence-electron chi connectivity index (χ4n) is 11.8. The second-order valence-electron chi connectivity index (χ2n) is 27.3. The molecule has 560 valence electrons. The van der Waals surface area contributed by atoms with E-state index in [9.17, 15) is 19.0 Å². The Kier molecular flexibility index (Phi) is 78.4. The Morgan fingerprint density at radius 2 is 0.567 bits per heavy atom. The van der Waals surface area contributed by atoms with E-state index in [2.05, 4.69) is 135 Å². The molecule has 0 aliphatic heterocycles. The topological polar surface area (TPSA) is 134 Å². The van der Waals surface area contributed by atoms with E-state index in [0.29, 0.717) is 6.42 Å². The average Bonchev–Trinajstić information content (AvgIpc) is 2.17. The number of hydrogen-bond acceptors (Lipinski definition) is 8. The first-order valence-electron chi connectivity index (χ1n) is 41.0. The number of nitrogens with two attached hydrogens (primary N) is 1. The maximum atomic E-state index is 12.8. The summed E-state index contributed by atoms with van der Waals surface area (Å²) in [5, 5.41) is 0. The van der Waals surface area contributed by atoms with Crippen molar-refractivity contribution in [2.45, 2.75) is 392 Å². The molecule has 0 bridgehead atoms. The normalized spacial score (nSPS) is 13.5.